The number of nitrogens with zero attached hydrogens (tertiary/aromatic N) is 1. The van der Waals surface area contributed by atoms with E-state index in [1.165, 1.54) is 0 Å². The molecule has 0 aliphatic carbocycles. The average molecular weight is 439 g/mol. The second kappa shape index (κ2) is 8.34. The van der Waals surface area contributed by atoms with Crippen molar-refractivity contribution in [2.75, 3.05) is 11.9 Å². The van der Waals surface area contributed by atoms with E-state index in [9.17, 15) is 9.90 Å². The van der Waals surface area contributed by atoms with E-state index >= 15 is 0 Å². The van der Waals surface area contributed by atoms with Gasteiger partial charge in [-0.05, 0) is 54.7 Å². The Hall–Kier alpha value is -3.70. The number of aromatic nitrogens is 1. The SMILES string of the molecule is Cc1noc(C)c1-c1ccc2c(c1)C(C[C@H](CO)c1ccccc1)(c1ccccc1)C(=O)N2. The van der Waals surface area contributed by atoms with Crippen molar-refractivity contribution in [2.24, 2.45) is 0 Å². The number of amides is 1. The van der Waals surface area contributed by atoms with Crippen LogP contribution in [-0.2, 0) is 10.2 Å². The van der Waals surface area contributed by atoms with Crippen molar-refractivity contribution in [3.05, 3.63) is 107 Å². The molecule has 33 heavy (non-hydrogen) atoms. The first-order valence-corrected chi connectivity index (χ1v) is 11.1. The van der Waals surface area contributed by atoms with Crippen LogP contribution in [0.15, 0.2) is 83.4 Å². The molecule has 4 aromatic rings. The summed E-state index contributed by atoms with van der Waals surface area (Å²) in [4.78, 5) is 13.7. The minimum Gasteiger partial charge on any atom is -0.396 e. The highest BCUT2D eigenvalue weighted by Gasteiger charge is 2.49. The molecule has 3 aromatic carbocycles. The molecule has 1 aromatic heterocycles. The number of rotatable bonds is 6. The summed E-state index contributed by atoms with van der Waals surface area (Å²) in [6.45, 7) is 3.77. The summed E-state index contributed by atoms with van der Waals surface area (Å²) >= 11 is 0. The van der Waals surface area contributed by atoms with Gasteiger partial charge in [-0.1, -0.05) is 71.9 Å². The summed E-state index contributed by atoms with van der Waals surface area (Å²) in [6, 6.07) is 25.8. The lowest BCUT2D eigenvalue weighted by Crippen LogP contribution is -2.38. The van der Waals surface area contributed by atoms with Gasteiger partial charge in [-0.15, -0.1) is 0 Å². The number of hydrogen-bond acceptors (Lipinski definition) is 4. The topological polar surface area (TPSA) is 75.4 Å². The highest BCUT2D eigenvalue weighted by Crippen LogP contribution is 2.49. The summed E-state index contributed by atoms with van der Waals surface area (Å²) in [7, 11) is 0. The molecule has 5 rings (SSSR count). The Morgan fingerprint density at radius 1 is 1.00 bits per heavy atom. The number of nitrogens with one attached hydrogen (secondary N) is 1. The van der Waals surface area contributed by atoms with Gasteiger partial charge >= 0.3 is 0 Å². The monoisotopic (exact) mass is 438 g/mol. The first-order valence-electron chi connectivity index (χ1n) is 11.1. The maximum absolute atomic E-state index is 13.7. The minimum atomic E-state index is -0.936. The van der Waals surface area contributed by atoms with Crippen LogP contribution in [0, 0.1) is 13.8 Å². The number of aliphatic hydroxyl groups is 1. The van der Waals surface area contributed by atoms with Crippen molar-refractivity contribution >= 4 is 11.6 Å². The maximum Gasteiger partial charge on any atom is 0.239 e. The molecule has 0 radical (unpaired) electrons. The molecule has 0 bridgehead atoms. The van der Waals surface area contributed by atoms with E-state index in [0.29, 0.717) is 6.42 Å². The molecule has 0 spiro atoms. The molecular formula is C28H26N2O3. The molecule has 1 aliphatic heterocycles. The third-order valence-electron chi connectivity index (χ3n) is 6.75. The van der Waals surface area contributed by atoms with Gasteiger partial charge in [0.1, 0.15) is 11.2 Å². The molecule has 2 heterocycles. The van der Waals surface area contributed by atoms with E-state index in [-0.39, 0.29) is 18.4 Å². The number of fused-ring (bicyclic) bond motifs is 1. The zero-order valence-electron chi connectivity index (χ0n) is 18.7. The smallest absolute Gasteiger partial charge is 0.239 e. The third-order valence-corrected chi connectivity index (χ3v) is 6.75. The van der Waals surface area contributed by atoms with Crippen LogP contribution in [0.3, 0.4) is 0 Å². The second-order valence-electron chi connectivity index (χ2n) is 8.68. The largest absolute Gasteiger partial charge is 0.396 e. The van der Waals surface area contributed by atoms with Crippen LogP contribution in [0.5, 0.6) is 0 Å². The fourth-order valence-electron chi connectivity index (χ4n) is 5.12. The minimum absolute atomic E-state index is 0.0508. The molecule has 5 nitrogen and oxygen atoms in total. The molecule has 1 aliphatic rings. The summed E-state index contributed by atoms with van der Waals surface area (Å²) in [5.41, 5.74) is 5.41. The van der Waals surface area contributed by atoms with Crippen molar-refractivity contribution in [2.45, 2.75) is 31.6 Å². The number of carbonyl (C=O) groups excluding carboxylic acids is 1. The summed E-state index contributed by atoms with van der Waals surface area (Å²) < 4.78 is 5.40. The third kappa shape index (κ3) is 3.45. The number of hydrogen-bond donors (Lipinski definition) is 2. The van der Waals surface area contributed by atoms with Gasteiger partial charge in [-0.3, -0.25) is 4.79 Å². The summed E-state index contributed by atoms with van der Waals surface area (Å²) in [5.74, 6) is 0.465. The van der Waals surface area contributed by atoms with E-state index in [2.05, 4.69) is 16.5 Å². The van der Waals surface area contributed by atoms with Crippen LogP contribution in [0.2, 0.25) is 0 Å². The summed E-state index contributed by atoms with van der Waals surface area (Å²) in [6.07, 6.45) is 0.446. The van der Waals surface area contributed by atoms with Crippen molar-refractivity contribution in [3.8, 4) is 11.1 Å². The highest BCUT2D eigenvalue weighted by molar-refractivity contribution is 6.09. The van der Waals surface area contributed by atoms with Gasteiger partial charge in [0.05, 0.1) is 5.69 Å². The van der Waals surface area contributed by atoms with Gasteiger partial charge in [-0.25, -0.2) is 0 Å². The first-order chi connectivity index (χ1) is 16.0. The van der Waals surface area contributed by atoms with Gasteiger partial charge in [0.15, 0.2) is 0 Å². The van der Waals surface area contributed by atoms with Gasteiger partial charge in [0, 0.05) is 23.8 Å². The Bertz CT molecular complexity index is 1280. The van der Waals surface area contributed by atoms with E-state index in [1.807, 2.05) is 86.6 Å². The van der Waals surface area contributed by atoms with Crippen LogP contribution < -0.4 is 5.32 Å². The van der Waals surface area contributed by atoms with Crippen molar-refractivity contribution < 1.29 is 14.4 Å². The normalized spacial score (nSPS) is 18.1. The Morgan fingerprint density at radius 3 is 2.33 bits per heavy atom. The van der Waals surface area contributed by atoms with E-state index in [0.717, 1.165) is 45.0 Å². The van der Waals surface area contributed by atoms with E-state index in [1.54, 1.807) is 0 Å². The van der Waals surface area contributed by atoms with Crippen LogP contribution >= 0.6 is 0 Å². The quantitative estimate of drug-likeness (QED) is 0.425. The zero-order valence-corrected chi connectivity index (χ0v) is 18.7. The lowest BCUT2D eigenvalue weighted by atomic mass is 9.68. The average Bonchev–Trinajstić information content (AvgIpc) is 3.33. The van der Waals surface area contributed by atoms with Gasteiger partial charge in [0.2, 0.25) is 5.91 Å². The fraction of sp³-hybridized carbons (Fsp3) is 0.214. The summed E-state index contributed by atoms with van der Waals surface area (Å²) in [5, 5.41) is 17.6. The number of anilines is 1. The maximum atomic E-state index is 13.7. The second-order valence-corrected chi connectivity index (χ2v) is 8.68. The highest BCUT2D eigenvalue weighted by atomic mass is 16.5. The number of aliphatic hydroxyl groups excluding tert-OH is 1. The van der Waals surface area contributed by atoms with Gasteiger partial charge in [-0.2, -0.15) is 0 Å². The Labute approximate surface area is 193 Å². The predicted octanol–water partition coefficient (Wildman–Crippen LogP) is 5.36. The van der Waals surface area contributed by atoms with Gasteiger partial charge in [0.25, 0.3) is 0 Å². The zero-order chi connectivity index (χ0) is 23.0. The lowest BCUT2D eigenvalue weighted by molar-refractivity contribution is -0.119. The van der Waals surface area contributed by atoms with Crippen molar-refractivity contribution in [1.82, 2.24) is 5.16 Å². The molecule has 0 saturated carbocycles. The molecule has 0 saturated heterocycles. The van der Waals surface area contributed by atoms with Crippen LogP contribution in [0.4, 0.5) is 5.69 Å². The molecule has 166 valence electrons. The predicted molar refractivity (Wildman–Crippen MR) is 128 cm³/mol. The Kier molecular flexibility index (Phi) is 5.35. The van der Waals surface area contributed by atoms with Crippen LogP contribution in [-0.4, -0.2) is 22.8 Å². The first kappa shape index (κ1) is 21.2. The van der Waals surface area contributed by atoms with Gasteiger partial charge < -0.3 is 14.9 Å². The van der Waals surface area contributed by atoms with Crippen LogP contribution in [0.1, 0.15) is 40.5 Å². The molecule has 2 atom stereocenters. The van der Waals surface area contributed by atoms with E-state index in [4.69, 9.17) is 4.52 Å². The fourth-order valence-corrected chi connectivity index (χ4v) is 5.12. The lowest BCUT2D eigenvalue weighted by Gasteiger charge is -2.32. The molecule has 1 amide bonds. The molecule has 0 fully saturated rings. The standard InChI is InChI=1S/C28H26N2O3/c1-18-26(19(2)33-30-18)21-13-14-25-24(15-21)28(27(32)29-25,23-11-7-4-8-12-23)16-22(17-31)20-9-5-3-6-10-20/h3-15,22,31H,16-17H2,1-2H3,(H,29,32)/t22-,28?/m1/s1. The number of benzene rings is 3. The molecule has 1 unspecified atom stereocenters. The number of carbonyl (C=O) groups is 1. The Morgan fingerprint density at radius 2 is 1.70 bits per heavy atom. The number of aryl methyl sites for hydroxylation is 2. The van der Waals surface area contributed by atoms with Crippen molar-refractivity contribution in [3.63, 3.8) is 0 Å². The van der Waals surface area contributed by atoms with Crippen LogP contribution in [0.25, 0.3) is 11.1 Å². The Balaban J connectivity index is 1.71. The molecule has 2 N–H and O–H groups in total. The molecular weight excluding hydrogens is 412 g/mol. The van der Waals surface area contributed by atoms with E-state index < -0.39 is 5.41 Å². The van der Waals surface area contributed by atoms with Crippen molar-refractivity contribution in [1.29, 1.82) is 0 Å². The molecule has 5 heteroatoms.